The zero-order valence-electron chi connectivity index (χ0n) is 6.87. The molecule has 0 bridgehead atoms. The Hall–Kier alpha value is -0.643. The molecule has 0 aliphatic rings. The Kier molecular flexibility index (Phi) is 4.77. The topological polar surface area (TPSA) is 23.1 Å². The summed E-state index contributed by atoms with van der Waals surface area (Å²) in [6, 6.07) is 9.56. The maximum atomic E-state index is 10.6. The number of hydrogen-bond donors (Lipinski definition) is 0. The third kappa shape index (κ3) is 3.93. The molecular weight excluding hydrogens is 131 g/mol. The second-order valence-corrected chi connectivity index (χ2v) is 2.17. The molecule has 0 radical (unpaired) electrons. The quantitative estimate of drug-likeness (QED) is 0.341. The van der Waals surface area contributed by atoms with E-state index >= 15 is 0 Å². The van der Waals surface area contributed by atoms with Gasteiger partial charge < -0.3 is 5.11 Å². The van der Waals surface area contributed by atoms with Gasteiger partial charge in [0, 0.05) is 0 Å². The molecule has 2 heteroatoms. The average Bonchev–Trinajstić information content (AvgIpc) is 1.88. The molecule has 52 valence electrons. The van der Waals surface area contributed by atoms with Gasteiger partial charge in [0.05, 0.1) is 0 Å². The van der Waals surface area contributed by atoms with E-state index in [1.165, 1.54) is 0 Å². The minimum absolute atomic E-state index is 0. The largest absolute Gasteiger partial charge is 1.00 e. The van der Waals surface area contributed by atoms with E-state index < -0.39 is 0 Å². The molecule has 0 unspecified atom stereocenters. The summed E-state index contributed by atoms with van der Waals surface area (Å²) in [5.74, 6) is 0.0891. The van der Waals surface area contributed by atoms with E-state index in [9.17, 15) is 5.11 Å². The van der Waals surface area contributed by atoms with Crippen molar-refractivity contribution in [3.63, 3.8) is 0 Å². The molecular formula is C9H9LiO. The van der Waals surface area contributed by atoms with Crippen LogP contribution in [0.1, 0.15) is 12.5 Å². The van der Waals surface area contributed by atoms with Crippen molar-refractivity contribution in [2.24, 2.45) is 0 Å². The summed E-state index contributed by atoms with van der Waals surface area (Å²) < 4.78 is 0. The van der Waals surface area contributed by atoms with Crippen molar-refractivity contribution in [3.8, 4) is 0 Å². The molecule has 1 aromatic rings. The van der Waals surface area contributed by atoms with E-state index in [0.717, 1.165) is 5.56 Å². The molecule has 0 fully saturated rings. The molecule has 11 heavy (non-hydrogen) atoms. The fourth-order valence-electron chi connectivity index (χ4n) is 0.784. The van der Waals surface area contributed by atoms with E-state index in [1.807, 2.05) is 30.3 Å². The summed E-state index contributed by atoms with van der Waals surface area (Å²) in [6.45, 7) is 1.55. The Balaban J connectivity index is 0.000001000. The predicted molar refractivity (Wildman–Crippen MR) is 40.1 cm³/mol. The van der Waals surface area contributed by atoms with Crippen molar-refractivity contribution in [2.75, 3.05) is 0 Å². The molecule has 1 rings (SSSR count). The fraction of sp³-hybridized carbons (Fsp3) is 0.111. The summed E-state index contributed by atoms with van der Waals surface area (Å²) in [5, 5.41) is 10.6. The Labute approximate surface area is 78.9 Å². The van der Waals surface area contributed by atoms with E-state index in [-0.39, 0.29) is 24.6 Å². The van der Waals surface area contributed by atoms with Gasteiger partial charge in [-0.05, 0) is 5.56 Å². The van der Waals surface area contributed by atoms with E-state index in [2.05, 4.69) is 0 Å². The smallest absolute Gasteiger partial charge is 0.876 e. The molecule has 0 aliphatic carbocycles. The molecule has 0 spiro atoms. The number of hydrogen-bond acceptors (Lipinski definition) is 1. The van der Waals surface area contributed by atoms with Gasteiger partial charge in [0.1, 0.15) is 0 Å². The second-order valence-electron chi connectivity index (χ2n) is 2.17. The molecule has 0 saturated heterocycles. The van der Waals surface area contributed by atoms with Crippen LogP contribution in [0.4, 0.5) is 0 Å². The molecule has 1 aromatic carbocycles. The molecule has 0 aliphatic heterocycles. The first kappa shape index (κ1) is 10.4. The van der Waals surface area contributed by atoms with Crippen LogP contribution < -0.4 is 24.0 Å². The number of rotatable bonds is 1. The molecule has 0 aromatic heterocycles. The van der Waals surface area contributed by atoms with Crippen LogP contribution in [0, 0.1) is 0 Å². The van der Waals surface area contributed by atoms with E-state index in [0.29, 0.717) is 0 Å². The Morgan fingerprint density at radius 1 is 1.27 bits per heavy atom. The zero-order valence-corrected chi connectivity index (χ0v) is 6.87. The van der Waals surface area contributed by atoms with Gasteiger partial charge in [-0.2, -0.15) is 0 Å². The minimum atomic E-state index is 0. The summed E-state index contributed by atoms with van der Waals surface area (Å²) in [6.07, 6.45) is 1.61. The maximum Gasteiger partial charge on any atom is 1.00 e. The number of benzene rings is 1. The van der Waals surface area contributed by atoms with Crippen molar-refractivity contribution in [2.45, 2.75) is 6.92 Å². The summed E-state index contributed by atoms with van der Waals surface area (Å²) in [4.78, 5) is 0. The van der Waals surface area contributed by atoms with Crippen molar-refractivity contribution in [1.29, 1.82) is 0 Å². The van der Waals surface area contributed by atoms with Crippen LogP contribution in [0.2, 0.25) is 0 Å². The SMILES string of the molecule is C/C([O-])=C\c1ccccc1.[Li+]. The Bertz CT molecular complexity index is 225. The van der Waals surface area contributed by atoms with Crippen molar-refractivity contribution in [1.82, 2.24) is 0 Å². The van der Waals surface area contributed by atoms with Gasteiger partial charge >= 0.3 is 18.9 Å². The predicted octanol–water partition coefficient (Wildman–Crippen LogP) is -1.59. The standard InChI is InChI=1S/C9H10O.Li/c1-8(10)7-9-5-3-2-4-6-9;/h2-7,10H,1H3;/q;+1/p-1/b8-7+;. The summed E-state index contributed by atoms with van der Waals surface area (Å²) in [5.41, 5.74) is 0.968. The van der Waals surface area contributed by atoms with Crippen molar-refractivity contribution >= 4 is 6.08 Å². The second kappa shape index (κ2) is 5.07. The molecule has 1 nitrogen and oxygen atoms in total. The first-order valence-electron chi connectivity index (χ1n) is 3.19. The zero-order chi connectivity index (χ0) is 7.40. The van der Waals surface area contributed by atoms with Crippen LogP contribution in [0.5, 0.6) is 0 Å². The first-order chi connectivity index (χ1) is 4.79. The summed E-state index contributed by atoms with van der Waals surface area (Å²) in [7, 11) is 0. The van der Waals surface area contributed by atoms with E-state index in [1.54, 1.807) is 13.0 Å². The van der Waals surface area contributed by atoms with Gasteiger partial charge in [0.2, 0.25) is 0 Å². The van der Waals surface area contributed by atoms with Crippen LogP contribution in [0.3, 0.4) is 0 Å². The van der Waals surface area contributed by atoms with Gasteiger partial charge in [0.25, 0.3) is 0 Å². The van der Waals surface area contributed by atoms with Gasteiger partial charge in [0.15, 0.2) is 0 Å². The van der Waals surface area contributed by atoms with Gasteiger partial charge in [-0.25, -0.2) is 0 Å². The van der Waals surface area contributed by atoms with Crippen LogP contribution in [0.25, 0.3) is 6.08 Å². The number of allylic oxidation sites excluding steroid dienone is 1. The molecule has 0 saturated carbocycles. The molecule has 0 amide bonds. The maximum absolute atomic E-state index is 10.6. The fourth-order valence-corrected chi connectivity index (χ4v) is 0.784. The Morgan fingerprint density at radius 3 is 2.27 bits per heavy atom. The third-order valence-electron chi connectivity index (χ3n) is 1.17. The third-order valence-corrected chi connectivity index (χ3v) is 1.17. The van der Waals surface area contributed by atoms with Gasteiger partial charge in [-0.1, -0.05) is 43.3 Å². The Morgan fingerprint density at radius 2 is 1.82 bits per heavy atom. The van der Waals surface area contributed by atoms with Crippen LogP contribution in [0.15, 0.2) is 36.1 Å². The monoisotopic (exact) mass is 140 g/mol. The van der Waals surface area contributed by atoms with Crippen LogP contribution in [-0.2, 0) is 0 Å². The van der Waals surface area contributed by atoms with Crippen LogP contribution in [-0.4, -0.2) is 0 Å². The normalized spacial score (nSPS) is 10.5. The van der Waals surface area contributed by atoms with Crippen LogP contribution >= 0.6 is 0 Å². The van der Waals surface area contributed by atoms with E-state index in [4.69, 9.17) is 0 Å². The van der Waals surface area contributed by atoms with Crippen molar-refractivity contribution in [3.05, 3.63) is 41.7 Å². The molecule has 0 atom stereocenters. The molecule has 0 N–H and O–H groups in total. The van der Waals surface area contributed by atoms with Crippen molar-refractivity contribution < 1.29 is 24.0 Å². The van der Waals surface area contributed by atoms with Gasteiger partial charge in [-0.15, -0.1) is 5.76 Å². The minimum Gasteiger partial charge on any atom is -0.876 e. The first-order valence-corrected chi connectivity index (χ1v) is 3.19. The average molecular weight is 140 g/mol. The molecule has 0 heterocycles. The van der Waals surface area contributed by atoms with Gasteiger partial charge in [-0.3, -0.25) is 0 Å². The summed E-state index contributed by atoms with van der Waals surface area (Å²) >= 11 is 0.